The first kappa shape index (κ1) is 15.4. The van der Waals surface area contributed by atoms with Gasteiger partial charge < -0.3 is 15.6 Å². The van der Waals surface area contributed by atoms with Crippen molar-refractivity contribution in [2.75, 3.05) is 13.1 Å². The molecule has 2 atom stereocenters. The summed E-state index contributed by atoms with van der Waals surface area (Å²) in [5.41, 5.74) is 6.74. The molecule has 3 heterocycles. The van der Waals surface area contributed by atoms with Crippen LogP contribution in [-0.4, -0.2) is 39.9 Å². The SMILES string of the molecule is CC1CC(CN)CN1C(=O)c1ccc(-c2ccccn2)[nH]c1=O. The van der Waals surface area contributed by atoms with E-state index in [1.54, 1.807) is 29.3 Å². The van der Waals surface area contributed by atoms with E-state index in [4.69, 9.17) is 5.73 Å². The van der Waals surface area contributed by atoms with E-state index in [1.165, 1.54) is 0 Å². The molecule has 1 amide bonds. The first-order chi connectivity index (χ1) is 11.1. The summed E-state index contributed by atoms with van der Waals surface area (Å²) in [7, 11) is 0. The summed E-state index contributed by atoms with van der Waals surface area (Å²) in [5, 5.41) is 0. The van der Waals surface area contributed by atoms with Crippen LogP contribution in [0.4, 0.5) is 0 Å². The van der Waals surface area contributed by atoms with E-state index in [9.17, 15) is 9.59 Å². The first-order valence-electron chi connectivity index (χ1n) is 7.76. The highest BCUT2D eigenvalue weighted by Crippen LogP contribution is 2.23. The molecule has 1 aliphatic heterocycles. The monoisotopic (exact) mass is 312 g/mol. The lowest BCUT2D eigenvalue weighted by molar-refractivity contribution is 0.0741. The average molecular weight is 312 g/mol. The average Bonchev–Trinajstić information content (AvgIpc) is 2.96. The fourth-order valence-electron chi connectivity index (χ4n) is 3.06. The molecule has 6 heteroatoms. The van der Waals surface area contributed by atoms with Gasteiger partial charge >= 0.3 is 0 Å². The summed E-state index contributed by atoms with van der Waals surface area (Å²) < 4.78 is 0. The van der Waals surface area contributed by atoms with Crippen molar-refractivity contribution < 1.29 is 4.79 Å². The Kier molecular flexibility index (Phi) is 4.25. The first-order valence-corrected chi connectivity index (χ1v) is 7.76. The van der Waals surface area contributed by atoms with Crippen molar-refractivity contribution in [3.05, 3.63) is 52.4 Å². The predicted octanol–water partition coefficient (Wildman–Crippen LogP) is 1.25. The number of likely N-dealkylation sites (tertiary alicyclic amines) is 1. The lowest BCUT2D eigenvalue weighted by Crippen LogP contribution is -2.37. The molecule has 0 saturated carbocycles. The van der Waals surface area contributed by atoms with E-state index in [-0.39, 0.29) is 23.1 Å². The number of carbonyl (C=O) groups excluding carboxylic acids is 1. The maximum atomic E-state index is 12.6. The van der Waals surface area contributed by atoms with Gasteiger partial charge in [-0.05, 0) is 50.1 Å². The minimum atomic E-state index is -0.387. The molecule has 1 fully saturated rings. The number of H-pyrrole nitrogens is 1. The Balaban J connectivity index is 1.87. The third-order valence-corrected chi connectivity index (χ3v) is 4.34. The Bertz CT molecular complexity index is 757. The van der Waals surface area contributed by atoms with E-state index in [2.05, 4.69) is 9.97 Å². The predicted molar refractivity (Wildman–Crippen MR) is 88.0 cm³/mol. The molecule has 2 unspecified atom stereocenters. The fraction of sp³-hybridized carbons (Fsp3) is 0.353. The molecule has 1 aliphatic rings. The molecule has 1 saturated heterocycles. The molecule has 120 valence electrons. The second-order valence-electron chi connectivity index (χ2n) is 5.97. The van der Waals surface area contributed by atoms with Crippen LogP contribution in [0.5, 0.6) is 0 Å². The molecule has 0 spiro atoms. The van der Waals surface area contributed by atoms with Crippen molar-refractivity contribution >= 4 is 5.91 Å². The summed E-state index contributed by atoms with van der Waals surface area (Å²) in [4.78, 5) is 33.6. The number of aromatic amines is 1. The number of rotatable bonds is 3. The molecule has 2 aromatic rings. The highest BCUT2D eigenvalue weighted by Gasteiger charge is 2.33. The molecule has 0 bridgehead atoms. The van der Waals surface area contributed by atoms with Gasteiger partial charge in [0, 0.05) is 18.8 Å². The smallest absolute Gasteiger partial charge is 0.261 e. The summed E-state index contributed by atoms with van der Waals surface area (Å²) >= 11 is 0. The normalized spacial score (nSPS) is 20.7. The van der Waals surface area contributed by atoms with Gasteiger partial charge in [0.15, 0.2) is 0 Å². The molecule has 0 aromatic carbocycles. The van der Waals surface area contributed by atoms with Crippen LogP contribution in [-0.2, 0) is 0 Å². The highest BCUT2D eigenvalue weighted by molar-refractivity contribution is 5.94. The molecule has 0 aliphatic carbocycles. The molecular weight excluding hydrogens is 292 g/mol. The van der Waals surface area contributed by atoms with Crippen molar-refractivity contribution in [2.45, 2.75) is 19.4 Å². The van der Waals surface area contributed by atoms with E-state index in [1.807, 2.05) is 19.1 Å². The molecular formula is C17H20N4O2. The Morgan fingerprint density at radius 3 is 2.83 bits per heavy atom. The molecule has 0 radical (unpaired) electrons. The summed E-state index contributed by atoms with van der Waals surface area (Å²) in [6, 6.07) is 8.86. The number of nitrogens with two attached hydrogens (primary N) is 1. The van der Waals surface area contributed by atoms with Crippen molar-refractivity contribution in [1.29, 1.82) is 0 Å². The lowest BCUT2D eigenvalue weighted by Gasteiger charge is -2.21. The van der Waals surface area contributed by atoms with Gasteiger partial charge in [0.2, 0.25) is 0 Å². The maximum absolute atomic E-state index is 12.6. The van der Waals surface area contributed by atoms with E-state index < -0.39 is 0 Å². The van der Waals surface area contributed by atoms with Gasteiger partial charge in [-0.3, -0.25) is 14.6 Å². The number of carbonyl (C=O) groups is 1. The Morgan fingerprint density at radius 1 is 1.39 bits per heavy atom. The summed E-state index contributed by atoms with van der Waals surface area (Å²) in [5.74, 6) is 0.0723. The largest absolute Gasteiger partial charge is 0.335 e. The van der Waals surface area contributed by atoms with Crippen molar-refractivity contribution in [2.24, 2.45) is 11.7 Å². The van der Waals surface area contributed by atoms with Crippen LogP contribution in [0.25, 0.3) is 11.4 Å². The topological polar surface area (TPSA) is 92.1 Å². The number of amides is 1. The number of hydrogen-bond donors (Lipinski definition) is 2. The Labute approximate surface area is 134 Å². The number of nitrogens with one attached hydrogen (secondary N) is 1. The van der Waals surface area contributed by atoms with Gasteiger partial charge in [-0.1, -0.05) is 6.07 Å². The van der Waals surface area contributed by atoms with Crippen LogP contribution in [0.1, 0.15) is 23.7 Å². The van der Waals surface area contributed by atoms with Crippen LogP contribution < -0.4 is 11.3 Å². The lowest BCUT2D eigenvalue weighted by atomic mass is 10.1. The third kappa shape index (κ3) is 3.03. The van der Waals surface area contributed by atoms with Crippen molar-refractivity contribution in [1.82, 2.24) is 14.9 Å². The molecule has 3 rings (SSSR count). The van der Waals surface area contributed by atoms with E-state index in [0.717, 1.165) is 6.42 Å². The van der Waals surface area contributed by atoms with Crippen molar-refractivity contribution in [3.8, 4) is 11.4 Å². The van der Waals surface area contributed by atoms with Crippen LogP contribution >= 0.6 is 0 Å². The number of aromatic nitrogens is 2. The standard InChI is InChI=1S/C17H20N4O2/c1-11-8-12(9-18)10-21(11)17(23)13-5-6-15(20-16(13)22)14-4-2-3-7-19-14/h2-7,11-12H,8-10,18H2,1H3,(H,20,22). The minimum Gasteiger partial charge on any atom is -0.335 e. The fourth-order valence-corrected chi connectivity index (χ4v) is 3.06. The third-order valence-electron chi connectivity index (χ3n) is 4.34. The van der Waals surface area contributed by atoms with Gasteiger partial charge in [0.25, 0.3) is 11.5 Å². The number of pyridine rings is 2. The molecule has 3 N–H and O–H groups in total. The second kappa shape index (κ2) is 6.34. The molecule has 23 heavy (non-hydrogen) atoms. The van der Waals surface area contributed by atoms with E-state index in [0.29, 0.717) is 30.4 Å². The zero-order valence-corrected chi connectivity index (χ0v) is 13.0. The maximum Gasteiger partial charge on any atom is 0.261 e. The Hall–Kier alpha value is -2.47. The zero-order valence-electron chi connectivity index (χ0n) is 13.0. The summed E-state index contributed by atoms with van der Waals surface area (Å²) in [6.07, 6.45) is 2.54. The summed E-state index contributed by atoms with van der Waals surface area (Å²) in [6.45, 7) is 3.16. The van der Waals surface area contributed by atoms with Gasteiger partial charge in [-0.2, -0.15) is 0 Å². The molecule has 6 nitrogen and oxygen atoms in total. The van der Waals surface area contributed by atoms with Gasteiger partial charge in [0.05, 0.1) is 11.4 Å². The quantitative estimate of drug-likeness (QED) is 0.892. The van der Waals surface area contributed by atoms with Crippen LogP contribution in [0.2, 0.25) is 0 Å². The number of nitrogens with zero attached hydrogens (tertiary/aromatic N) is 2. The second-order valence-corrected chi connectivity index (χ2v) is 5.97. The van der Waals surface area contributed by atoms with Gasteiger partial charge in [-0.25, -0.2) is 0 Å². The van der Waals surface area contributed by atoms with Crippen molar-refractivity contribution in [3.63, 3.8) is 0 Å². The van der Waals surface area contributed by atoms with Gasteiger partial charge in [-0.15, -0.1) is 0 Å². The molecule has 2 aromatic heterocycles. The zero-order chi connectivity index (χ0) is 16.4. The van der Waals surface area contributed by atoms with Crippen LogP contribution in [0, 0.1) is 5.92 Å². The Morgan fingerprint density at radius 2 is 2.22 bits per heavy atom. The van der Waals surface area contributed by atoms with Crippen LogP contribution in [0.15, 0.2) is 41.3 Å². The highest BCUT2D eigenvalue weighted by atomic mass is 16.2. The minimum absolute atomic E-state index is 0.103. The van der Waals surface area contributed by atoms with Crippen LogP contribution in [0.3, 0.4) is 0 Å². The van der Waals surface area contributed by atoms with E-state index >= 15 is 0 Å². The van der Waals surface area contributed by atoms with Gasteiger partial charge in [0.1, 0.15) is 5.56 Å². The number of hydrogen-bond acceptors (Lipinski definition) is 4.